The zero-order valence-electron chi connectivity index (χ0n) is 6.55. The predicted molar refractivity (Wildman–Crippen MR) is 44.7 cm³/mol. The summed E-state index contributed by atoms with van der Waals surface area (Å²) in [6, 6.07) is 1.98. The summed E-state index contributed by atoms with van der Waals surface area (Å²) in [5, 5.41) is 4.02. The SMILES string of the molecule is CC(C)(C)Oc1ccsc1. The van der Waals surface area contributed by atoms with E-state index in [0.717, 1.165) is 5.75 Å². The van der Waals surface area contributed by atoms with E-state index in [4.69, 9.17) is 4.74 Å². The number of thiophene rings is 1. The summed E-state index contributed by atoms with van der Waals surface area (Å²) in [4.78, 5) is 0. The molecule has 0 radical (unpaired) electrons. The minimum Gasteiger partial charge on any atom is -0.487 e. The number of ether oxygens (including phenoxy) is 1. The zero-order valence-corrected chi connectivity index (χ0v) is 7.37. The van der Waals surface area contributed by atoms with Crippen LogP contribution in [0.5, 0.6) is 5.75 Å². The molecule has 0 unspecified atom stereocenters. The van der Waals surface area contributed by atoms with E-state index in [2.05, 4.69) is 0 Å². The molecule has 1 nitrogen and oxygen atoms in total. The van der Waals surface area contributed by atoms with Gasteiger partial charge < -0.3 is 4.74 Å². The van der Waals surface area contributed by atoms with E-state index < -0.39 is 0 Å². The van der Waals surface area contributed by atoms with Gasteiger partial charge in [-0.25, -0.2) is 0 Å². The largest absolute Gasteiger partial charge is 0.487 e. The van der Waals surface area contributed by atoms with Gasteiger partial charge in [0.1, 0.15) is 11.4 Å². The highest BCUT2D eigenvalue weighted by molar-refractivity contribution is 7.08. The van der Waals surface area contributed by atoms with Gasteiger partial charge in [0, 0.05) is 5.38 Å². The van der Waals surface area contributed by atoms with Crippen LogP contribution < -0.4 is 4.74 Å². The van der Waals surface area contributed by atoms with Gasteiger partial charge in [-0.2, -0.15) is 0 Å². The molecule has 0 atom stereocenters. The van der Waals surface area contributed by atoms with E-state index in [9.17, 15) is 0 Å². The Bertz CT molecular complexity index is 184. The summed E-state index contributed by atoms with van der Waals surface area (Å²) in [7, 11) is 0. The summed E-state index contributed by atoms with van der Waals surface area (Å²) in [5.74, 6) is 0.970. The van der Waals surface area contributed by atoms with Crippen LogP contribution >= 0.6 is 11.3 Å². The third-order valence-corrected chi connectivity index (χ3v) is 1.58. The molecule has 56 valence electrons. The van der Waals surface area contributed by atoms with Gasteiger partial charge in [0.05, 0.1) is 0 Å². The molecule has 0 saturated carbocycles. The van der Waals surface area contributed by atoms with Gasteiger partial charge in [0.15, 0.2) is 0 Å². The van der Waals surface area contributed by atoms with E-state index in [0.29, 0.717) is 0 Å². The highest BCUT2D eigenvalue weighted by Crippen LogP contribution is 2.20. The second-order valence-electron chi connectivity index (χ2n) is 3.17. The van der Waals surface area contributed by atoms with Crippen LogP contribution in [0.2, 0.25) is 0 Å². The van der Waals surface area contributed by atoms with Crippen molar-refractivity contribution in [2.75, 3.05) is 0 Å². The fraction of sp³-hybridized carbons (Fsp3) is 0.500. The maximum Gasteiger partial charge on any atom is 0.130 e. The fourth-order valence-electron chi connectivity index (χ4n) is 0.664. The topological polar surface area (TPSA) is 9.23 Å². The molecule has 0 aliphatic rings. The minimum atomic E-state index is -0.0684. The van der Waals surface area contributed by atoms with Gasteiger partial charge in [-0.05, 0) is 32.2 Å². The number of hydrogen-bond donors (Lipinski definition) is 0. The first-order valence-electron chi connectivity index (χ1n) is 3.29. The molecule has 10 heavy (non-hydrogen) atoms. The third kappa shape index (κ3) is 2.40. The van der Waals surface area contributed by atoms with Crippen molar-refractivity contribution in [2.45, 2.75) is 26.4 Å². The molecule has 1 aromatic heterocycles. The molecular weight excluding hydrogens is 144 g/mol. The Hall–Kier alpha value is -0.500. The van der Waals surface area contributed by atoms with Gasteiger partial charge in [0.25, 0.3) is 0 Å². The van der Waals surface area contributed by atoms with Crippen LogP contribution in [0.25, 0.3) is 0 Å². The van der Waals surface area contributed by atoms with Crippen molar-refractivity contribution in [3.05, 3.63) is 16.8 Å². The van der Waals surface area contributed by atoms with E-state index in [1.54, 1.807) is 11.3 Å². The van der Waals surface area contributed by atoms with Crippen LogP contribution in [-0.2, 0) is 0 Å². The Morgan fingerprint density at radius 1 is 1.40 bits per heavy atom. The van der Waals surface area contributed by atoms with Crippen molar-refractivity contribution in [3.63, 3.8) is 0 Å². The second kappa shape index (κ2) is 2.62. The monoisotopic (exact) mass is 156 g/mol. The summed E-state index contributed by atoms with van der Waals surface area (Å²) in [6.45, 7) is 6.14. The Balaban J connectivity index is 2.57. The average molecular weight is 156 g/mol. The van der Waals surface area contributed by atoms with Crippen LogP contribution in [-0.4, -0.2) is 5.60 Å². The van der Waals surface area contributed by atoms with Gasteiger partial charge in [-0.3, -0.25) is 0 Å². The number of rotatable bonds is 1. The maximum atomic E-state index is 5.55. The van der Waals surface area contributed by atoms with E-state index >= 15 is 0 Å². The van der Waals surface area contributed by atoms with Crippen LogP contribution in [0.4, 0.5) is 0 Å². The lowest BCUT2D eigenvalue weighted by molar-refractivity contribution is 0.131. The second-order valence-corrected chi connectivity index (χ2v) is 3.95. The molecule has 1 rings (SSSR count). The summed E-state index contributed by atoms with van der Waals surface area (Å²) < 4.78 is 5.55. The molecule has 0 aliphatic carbocycles. The smallest absolute Gasteiger partial charge is 0.130 e. The summed E-state index contributed by atoms with van der Waals surface area (Å²) in [5.41, 5.74) is -0.0684. The molecule has 0 aliphatic heterocycles. The Morgan fingerprint density at radius 2 is 2.10 bits per heavy atom. The van der Waals surface area contributed by atoms with Crippen molar-refractivity contribution in [2.24, 2.45) is 0 Å². The van der Waals surface area contributed by atoms with Crippen molar-refractivity contribution in [1.82, 2.24) is 0 Å². The normalized spacial score (nSPS) is 11.5. The summed E-state index contributed by atoms with van der Waals surface area (Å²) >= 11 is 1.66. The molecule has 0 aromatic carbocycles. The van der Waals surface area contributed by atoms with Crippen LogP contribution in [0.3, 0.4) is 0 Å². The number of hydrogen-bond acceptors (Lipinski definition) is 2. The van der Waals surface area contributed by atoms with Gasteiger partial charge in [-0.1, -0.05) is 0 Å². The minimum absolute atomic E-state index is 0.0684. The van der Waals surface area contributed by atoms with Gasteiger partial charge in [-0.15, -0.1) is 11.3 Å². The van der Waals surface area contributed by atoms with Crippen molar-refractivity contribution in [1.29, 1.82) is 0 Å². The quantitative estimate of drug-likeness (QED) is 0.607. The van der Waals surface area contributed by atoms with E-state index in [-0.39, 0.29) is 5.60 Å². The molecule has 1 heterocycles. The highest BCUT2D eigenvalue weighted by atomic mass is 32.1. The highest BCUT2D eigenvalue weighted by Gasteiger charge is 2.10. The molecule has 0 amide bonds. The van der Waals surface area contributed by atoms with Crippen LogP contribution in [0, 0.1) is 0 Å². The lowest BCUT2D eigenvalue weighted by Gasteiger charge is -2.19. The maximum absolute atomic E-state index is 5.55. The summed E-state index contributed by atoms with van der Waals surface area (Å²) in [6.07, 6.45) is 0. The first-order valence-corrected chi connectivity index (χ1v) is 4.23. The molecule has 0 bridgehead atoms. The molecule has 0 spiro atoms. The van der Waals surface area contributed by atoms with Crippen LogP contribution in [0.1, 0.15) is 20.8 Å². The van der Waals surface area contributed by atoms with Crippen molar-refractivity contribution in [3.8, 4) is 5.75 Å². The van der Waals surface area contributed by atoms with E-state index in [1.165, 1.54) is 0 Å². The molecular formula is C8H12OS. The Labute approximate surface area is 65.6 Å². The molecule has 0 N–H and O–H groups in total. The average Bonchev–Trinajstić information content (AvgIpc) is 2.12. The zero-order chi connectivity index (χ0) is 7.61. The van der Waals surface area contributed by atoms with Crippen molar-refractivity contribution >= 4 is 11.3 Å². The fourth-order valence-corrected chi connectivity index (χ4v) is 1.22. The lowest BCUT2D eigenvalue weighted by Crippen LogP contribution is -2.22. The van der Waals surface area contributed by atoms with Crippen LogP contribution in [0.15, 0.2) is 16.8 Å². The Kier molecular flexibility index (Phi) is 2.00. The standard InChI is InChI=1S/C8H12OS/c1-8(2,3)9-7-4-5-10-6-7/h4-6H,1-3H3. The van der Waals surface area contributed by atoms with Gasteiger partial charge in [0.2, 0.25) is 0 Å². The van der Waals surface area contributed by atoms with Gasteiger partial charge >= 0.3 is 0 Å². The molecule has 2 heteroatoms. The molecule has 0 fully saturated rings. The molecule has 1 aromatic rings. The Morgan fingerprint density at radius 3 is 2.50 bits per heavy atom. The first kappa shape index (κ1) is 7.61. The predicted octanol–water partition coefficient (Wildman–Crippen LogP) is 2.93. The van der Waals surface area contributed by atoms with E-state index in [1.807, 2.05) is 37.6 Å². The van der Waals surface area contributed by atoms with Crippen molar-refractivity contribution < 1.29 is 4.74 Å². The third-order valence-electron chi connectivity index (χ3n) is 0.919. The lowest BCUT2D eigenvalue weighted by atomic mass is 10.2. The first-order chi connectivity index (χ1) is 4.58. The molecule has 0 saturated heterocycles.